The normalized spacial score (nSPS) is 11.9. The fourth-order valence-corrected chi connectivity index (χ4v) is 3.29. The molecule has 3 heterocycles. The van der Waals surface area contributed by atoms with E-state index in [1.807, 2.05) is 13.8 Å². The Kier molecular flexibility index (Phi) is 10.9. The predicted molar refractivity (Wildman–Crippen MR) is 139 cm³/mol. The molecule has 198 valence electrons. The molecule has 12 heteroatoms. The molecule has 0 spiro atoms. The van der Waals surface area contributed by atoms with Crippen LogP contribution in [0.5, 0.6) is 0 Å². The standard InChI is InChI=1S/C22H19F2N5O2.C2H6.CH3F2P/c1-22(23,24)14-4-6-15(7-5-14)28-21(31)16-3-2-9-25-19(16)27-12-13-8-10-26-20-17(13)11-18(30)29-20;1-2;2-1(3)4/h2-10H,11-12H2,1H3,(H,25,27)(H,28,31)(H,26,29,30);1-2H3;1H,4H2. The molecule has 0 bridgehead atoms. The highest BCUT2D eigenvalue weighted by Gasteiger charge is 2.24. The van der Waals surface area contributed by atoms with Gasteiger partial charge in [-0.15, -0.1) is 0 Å². The van der Waals surface area contributed by atoms with Gasteiger partial charge in [0.1, 0.15) is 11.6 Å². The Morgan fingerprint density at radius 2 is 1.76 bits per heavy atom. The van der Waals surface area contributed by atoms with Gasteiger partial charge in [-0.2, -0.15) is 0 Å². The first kappa shape index (κ1) is 29.6. The lowest BCUT2D eigenvalue weighted by Gasteiger charge is -2.14. The molecule has 1 aromatic carbocycles. The van der Waals surface area contributed by atoms with Crippen LogP contribution in [0, 0.1) is 0 Å². The van der Waals surface area contributed by atoms with E-state index in [-0.39, 0.29) is 17.9 Å². The van der Waals surface area contributed by atoms with E-state index >= 15 is 0 Å². The van der Waals surface area contributed by atoms with Gasteiger partial charge in [0.2, 0.25) is 12.1 Å². The maximum absolute atomic E-state index is 13.4. The Labute approximate surface area is 214 Å². The third-order valence-corrected chi connectivity index (χ3v) is 4.90. The van der Waals surface area contributed by atoms with Crippen molar-refractivity contribution in [3.05, 3.63) is 77.1 Å². The summed E-state index contributed by atoms with van der Waals surface area (Å²) >= 11 is 0. The number of benzene rings is 1. The quantitative estimate of drug-likeness (QED) is 0.263. The second kappa shape index (κ2) is 13.6. The number of amides is 2. The van der Waals surface area contributed by atoms with Gasteiger partial charge in [-0.3, -0.25) is 9.59 Å². The first-order valence-electron chi connectivity index (χ1n) is 11.3. The van der Waals surface area contributed by atoms with Gasteiger partial charge in [0.25, 0.3) is 11.8 Å². The van der Waals surface area contributed by atoms with Gasteiger partial charge in [-0.25, -0.2) is 27.5 Å². The second-order valence-electron chi connectivity index (χ2n) is 7.53. The van der Waals surface area contributed by atoms with Gasteiger partial charge in [0.05, 0.1) is 12.0 Å². The Balaban J connectivity index is 0.000000733. The van der Waals surface area contributed by atoms with Crippen molar-refractivity contribution in [2.24, 2.45) is 0 Å². The summed E-state index contributed by atoms with van der Waals surface area (Å²) in [5.74, 6) is -2.58. The van der Waals surface area contributed by atoms with Gasteiger partial charge in [0, 0.05) is 42.7 Å². The van der Waals surface area contributed by atoms with Crippen LogP contribution in [0.4, 0.5) is 34.9 Å². The van der Waals surface area contributed by atoms with E-state index in [0.29, 0.717) is 29.4 Å². The fourth-order valence-electron chi connectivity index (χ4n) is 3.29. The average Bonchev–Trinajstić information content (AvgIpc) is 3.24. The maximum Gasteiger partial charge on any atom is 0.270 e. The highest BCUT2D eigenvalue weighted by atomic mass is 31.0. The van der Waals surface area contributed by atoms with E-state index < -0.39 is 18.0 Å². The number of halogens is 4. The SMILES string of the molecule is CC.CC(F)(F)c1ccc(NC(=O)c2cccnc2NCc2ccnc3c2CC(=O)N3)cc1.FC(F)P. The van der Waals surface area contributed by atoms with Crippen molar-refractivity contribution in [1.82, 2.24) is 9.97 Å². The van der Waals surface area contributed by atoms with E-state index in [1.165, 1.54) is 33.5 Å². The molecular weight excluding hydrogens is 509 g/mol. The number of alkyl halides is 4. The summed E-state index contributed by atoms with van der Waals surface area (Å²) < 4.78 is 47.3. The molecule has 37 heavy (non-hydrogen) atoms. The van der Waals surface area contributed by atoms with Gasteiger partial charge < -0.3 is 16.0 Å². The Hall–Kier alpha value is -3.59. The topological polar surface area (TPSA) is 96.0 Å². The zero-order valence-corrected chi connectivity index (χ0v) is 21.6. The van der Waals surface area contributed by atoms with E-state index in [9.17, 15) is 27.2 Å². The predicted octanol–water partition coefficient (Wildman–Crippen LogP) is 6.06. The summed E-state index contributed by atoms with van der Waals surface area (Å²) in [6, 6.07) is 10.5. The lowest BCUT2D eigenvalue weighted by molar-refractivity contribution is -0.115. The minimum Gasteiger partial charge on any atom is -0.365 e. The number of anilines is 3. The number of nitrogens with one attached hydrogen (secondary N) is 3. The molecule has 1 atom stereocenters. The smallest absolute Gasteiger partial charge is 0.270 e. The Morgan fingerprint density at radius 3 is 2.38 bits per heavy atom. The lowest BCUT2D eigenvalue weighted by Crippen LogP contribution is -2.16. The molecule has 1 aliphatic heterocycles. The lowest BCUT2D eigenvalue weighted by atomic mass is 10.1. The van der Waals surface area contributed by atoms with Crippen molar-refractivity contribution in [2.45, 2.75) is 45.8 Å². The average molecular weight is 537 g/mol. The minimum absolute atomic E-state index is 0.111. The van der Waals surface area contributed by atoms with Gasteiger partial charge >= 0.3 is 0 Å². The van der Waals surface area contributed by atoms with Crippen molar-refractivity contribution in [3.63, 3.8) is 0 Å². The number of nitrogens with zero attached hydrogens (tertiary/aromatic N) is 2. The van der Waals surface area contributed by atoms with Crippen LogP contribution in [0.3, 0.4) is 0 Å². The van der Waals surface area contributed by atoms with Crippen LogP contribution >= 0.6 is 9.24 Å². The number of fused-ring (bicyclic) bond motifs is 1. The van der Waals surface area contributed by atoms with Crippen LogP contribution in [0.15, 0.2) is 54.9 Å². The largest absolute Gasteiger partial charge is 0.365 e. The molecule has 2 amide bonds. The van der Waals surface area contributed by atoms with Gasteiger partial charge in [0.15, 0.2) is 0 Å². The van der Waals surface area contributed by atoms with Crippen molar-refractivity contribution in [2.75, 3.05) is 16.0 Å². The van der Waals surface area contributed by atoms with Crippen LogP contribution in [0.1, 0.15) is 47.8 Å². The van der Waals surface area contributed by atoms with Crippen molar-refractivity contribution < 1.29 is 27.2 Å². The van der Waals surface area contributed by atoms with Crippen molar-refractivity contribution in [3.8, 4) is 0 Å². The highest BCUT2D eigenvalue weighted by Crippen LogP contribution is 2.28. The number of rotatable bonds is 6. The van der Waals surface area contributed by atoms with Crippen molar-refractivity contribution in [1.29, 1.82) is 0 Å². The van der Waals surface area contributed by atoms with E-state index in [2.05, 4.69) is 25.9 Å². The molecule has 2 aromatic heterocycles. The number of hydrogen-bond acceptors (Lipinski definition) is 5. The fraction of sp³-hybridized carbons (Fsp3) is 0.280. The molecule has 0 saturated heterocycles. The van der Waals surface area contributed by atoms with E-state index in [4.69, 9.17) is 0 Å². The molecule has 1 unspecified atom stereocenters. The highest BCUT2D eigenvalue weighted by molar-refractivity contribution is 7.16. The van der Waals surface area contributed by atoms with E-state index in [1.54, 1.807) is 30.6 Å². The molecule has 0 fully saturated rings. The zero-order chi connectivity index (χ0) is 27.6. The molecule has 3 aromatic rings. The summed E-state index contributed by atoms with van der Waals surface area (Å²) in [5, 5.41) is 8.53. The Bertz CT molecular complexity index is 1200. The molecular formula is C25H28F4N5O2P. The first-order chi connectivity index (χ1) is 17.5. The molecule has 7 nitrogen and oxygen atoms in total. The summed E-state index contributed by atoms with van der Waals surface area (Å²) in [5.41, 5.74) is 2.25. The number of aromatic nitrogens is 2. The molecule has 0 aliphatic carbocycles. The third-order valence-electron chi connectivity index (χ3n) is 4.90. The summed E-state index contributed by atoms with van der Waals surface area (Å²) in [6.07, 6.45) is 1.17. The van der Waals surface area contributed by atoms with Crippen LogP contribution in [-0.4, -0.2) is 27.9 Å². The summed E-state index contributed by atoms with van der Waals surface area (Å²) in [7, 11) is 1.32. The molecule has 3 N–H and O–H groups in total. The van der Waals surface area contributed by atoms with Crippen LogP contribution < -0.4 is 16.0 Å². The number of hydrogen-bond donors (Lipinski definition) is 3. The van der Waals surface area contributed by atoms with Gasteiger partial charge in [-0.1, -0.05) is 35.2 Å². The minimum atomic E-state index is -2.95. The Morgan fingerprint density at radius 1 is 1.11 bits per heavy atom. The molecule has 1 aliphatic rings. The van der Waals surface area contributed by atoms with E-state index in [0.717, 1.165) is 18.1 Å². The number of pyridine rings is 2. The first-order valence-corrected chi connectivity index (χ1v) is 12.0. The second-order valence-corrected chi connectivity index (χ2v) is 8.03. The third kappa shape index (κ3) is 8.78. The van der Waals surface area contributed by atoms with Crippen molar-refractivity contribution >= 4 is 38.4 Å². The van der Waals surface area contributed by atoms with Gasteiger partial charge in [-0.05, 0) is 35.9 Å². The monoisotopic (exact) mass is 537 g/mol. The summed E-state index contributed by atoms with van der Waals surface area (Å²) in [4.78, 5) is 32.8. The molecule has 0 radical (unpaired) electrons. The van der Waals surface area contributed by atoms with Crippen LogP contribution in [0.2, 0.25) is 0 Å². The number of carbonyl (C=O) groups is 2. The molecule has 0 saturated carbocycles. The summed E-state index contributed by atoms with van der Waals surface area (Å²) in [6.45, 7) is 5.16. The molecule has 4 rings (SSSR count). The van der Waals surface area contributed by atoms with Crippen LogP contribution in [-0.2, 0) is 23.7 Å². The number of carbonyl (C=O) groups excluding carboxylic acids is 2. The maximum atomic E-state index is 13.4. The van der Waals surface area contributed by atoms with Crippen LogP contribution in [0.25, 0.3) is 0 Å². The zero-order valence-electron chi connectivity index (χ0n) is 20.5.